The van der Waals surface area contributed by atoms with E-state index >= 15 is 0 Å². The average Bonchev–Trinajstić information content (AvgIpc) is 2.94. The summed E-state index contributed by atoms with van der Waals surface area (Å²) in [5.74, 6) is -0.541. The van der Waals surface area contributed by atoms with Crippen molar-refractivity contribution in [1.82, 2.24) is 4.98 Å². The van der Waals surface area contributed by atoms with Gasteiger partial charge in [0.25, 0.3) is 33.0 Å². The van der Waals surface area contributed by atoms with E-state index in [1.807, 2.05) is 0 Å². The summed E-state index contributed by atoms with van der Waals surface area (Å²) in [6, 6.07) is 15.4. The van der Waals surface area contributed by atoms with Crippen LogP contribution in [-0.2, 0) is 39.1 Å². The Hall–Kier alpha value is -4.89. The van der Waals surface area contributed by atoms with Gasteiger partial charge in [-0.2, -0.15) is 0 Å². The zero-order valence-corrected chi connectivity index (χ0v) is 22.0. The predicted molar refractivity (Wildman–Crippen MR) is 141 cm³/mol. The second kappa shape index (κ2) is 11.5. The van der Waals surface area contributed by atoms with E-state index in [9.17, 15) is 36.6 Å². The van der Waals surface area contributed by atoms with Crippen molar-refractivity contribution in [3.8, 4) is 11.5 Å². The lowest BCUT2D eigenvalue weighted by Gasteiger charge is -2.27. The van der Waals surface area contributed by atoms with Gasteiger partial charge in [-0.05, 0) is 48.5 Å². The molecule has 0 radical (unpaired) electrons. The molecule has 4 aromatic rings. The van der Waals surface area contributed by atoms with E-state index in [0.29, 0.717) is 4.31 Å². The maximum atomic E-state index is 13.6. The first kappa shape index (κ1) is 28.1. The van der Waals surface area contributed by atoms with E-state index in [4.69, 9.17) is 9.47 Å². The van der Waals surface area contributed by atoms with Crippen molar-refractivity contribution >= 4 is 55.3 Å². The van der Waals surface area contributed by atoms with Crippen molar-refractivity contribution in [2.45, 2.75) is 9.79 Å². The number of aromatic nitrogens is 1. The van der Waals surface area contributed by atoms with Crippen LogP contribution >= 0.6 is 0 Å². The number of benzene rings is 3. The SMILES string of the molecule is O=COCN(c1cnc(N(COC=O)S(=O)(=O)c2ccc(O)cc2)c2ccccc12)S(=O)(=O)c1ccc(O)cc1. The van der Waals surface area contributed by atoms with Gasteiger partial charge in [-0.3, -0.25) is 9.59 Å². The van der Waals surface area contributed by atoms with Crippen LogP contribution in [0.15, 0.2) is 88.8 Å². The number of nitrogens with zero attached hydrogens (tertiary/aromatic N) is 3. The molecule has 0 unspecified atom stereocenters. The molecular weight excluding hydrogens is 566 g/mol. The molecule has 0 amide bonds. The van der Waals surface area contributed by atoms with E-state index in [2.05, 4.69) is 4.98 Å². The number of pyridine rings is 1. The van der Waals surface area contributed by atoms with Gasteiger partial charge in [-0.1, -0.05) is 24.3 Å². The van der Waals surface area contributed by atoms with Crippen molar-refractivity contribution < 1.29 is 46.1 Å². The van der Waals surface area contributed by atoms with Gasteiger partial charge in [0.15, 0.2) is 19.3 Å². The number of rotatable bonds is 12. The normalized spacial score (nSPS) is 11.5. The van der Waals surface area contributed by atoms with Crippen LogP contribution < -0.4 is 8.61 Å². The summed E-state index contributed by atoms with van der Waals surface area (Å²) in [5.41, 5.74) is -0.0624. The molecule has 0 spiro atoms. The number of carbonyl (C=O) groups is 2. The number of ether oxygens (including phenoxy) is 2. The Morgan fingerprint density at radius 1 is 0.675 bits per heavy atom. The molecule has 3 aromatic carbocycles. The lowest BCUT2D eigenvalue weighted by molar-refractivity contribution is -0.129. The number of anilines is 2. The molecule has 0 aliphatic rings. The van der Waals surface area contributed by atoms with E-state index in [0.717, 1.165) is 34.8 Å². The fraction of sp³-hybridized carbons (Fsp3) is 0.0800. The van der Waals surface area contributed by atoms with Crippen molar-refractivity contribution in [2.24, 2.45) is 0 Å². The van der Waals surface area contributed by atoms with Crippen LogP contribution in [0, 0.1) is 0 Å². The summed E-state index contributed by atoms with van der Waals surface area (Å²) in [5, 5.41) is 19.5. The molecule has 0 bridgehead atoms. The van der Waals surface area contributed by atoms with Crippen LogP contribution in [0.25, 0.3) is 10.8 Å². The lowest BCUT2D eigenvalue weighted by atomic mass is 10.1. The van der Waals surface area contributed by atoms with Crippen molar-refractivity contribution in [3.05, 3.63) is 79.0 Å². The van der Waals surface area contributed by atoms with Crippen molar-refractivity contribution in [3.63, 3.8) is 0 Å². The lowest BCUT2D eigenvalue weighted by Crippen LogP contribution is -2.35. The van der Waals surface area contributed by atoms with Gasteiger partial charge in [0.1, 0.15) is 11.5 Å². The third kappa shape index (κ3) is 5.45. The van der Waals surface area contributed by atoms with Gasteiger partial charge in [0.2, 0.25) is 0 Å². The van der Waals surface area contributed by atoms with E-state index in [1.165, 1.54) is 36.4 Å². The average molecular weight is 588 g/mol. The summed E-state index contributed by atoms with van der Waals surface area (Å²) in [7, 11) is -8.79. The zero-order valence-electron chi connectivity index (χ0n) is 20.4. The molecule has 4 rings (SSSR count). The number of sulfonamides is 2. The van der Waals surface area contributed by atoms with E-state index < -0.39 is 33.5 Å². The van der Waals surface area contributed by atoms with Crippen LogP contribution in [0.4, 0.5) is 11.5 Å². The molecule has 0 saturated carbocycles. The molecule has 15 heteroatoms. The third-order valence-electron chi connectivity index (χ3n) is 5.63. The Kier molecular flexibility index (Phi) is 8.06. The van der Waals surface area contributed by atoms with E-state index in [1.54, 1.807) is 12.1 Å². The second-order valence-electron chi connectivity index (χ2n) is 7.99. The minimum absolute atomic E-state index is 0.0542. The Morgan fingerprint density at radius 2 is 1.12 bits per heavy atom. The van der Waals surface area contributed by atoms with Gasteiger partial charge in [-0.25, -0.2) is 30.4 Å². The molecule has 0 atom stereocenters. The summed E-state index contributed by atoms with van der Waals surface area (Å²) in [4.78, 5) is 25.7. The van der Waals surface area contributed by atoms with Crippen LogP contribution in [0.2, 0.25) is 0 Å². The standard InChI is InChI=1S/C25H21N3O10S2/c29-16-37-14-27(39(33,34)20-9-5-18(31)6-10-20)24-13-26-25(23-4-2-1-3-22(23)24)28(15-38-17-30)40(35,36)21-11-7-19(32)8-12-21/h1-13,16-17,31-32H,14-15H2. The molecule has 208 valence electrons. The minimum Gasteiger partial charge on any atom is -0.508 e. The maximum absolute atomic E-state index is 13.6. The Bertz CT molecular complexity index is 1610. The molecule has 1 heterocycles. The summed E-state index contributed by atoms with van der Waals surface area (Å²) in [6.07, 6.45) is 1.07. The Morgan fingerprint density at radius 3 is 1.62 bits per heavy atom. The van der Waals surface area contributed by atoms with Gasteiger partial charge in [-0.15, -0.1) is 0 Å². The highest BCUT2D eigenvalue weighted by molar-refractivity contribution is 7.93. The minimum atomic E-state index is -4.41. The highest BCUT2D eigenvalue weighted by Gasteiger charge is 2.32. The van der Waals surface area contributed by atoms with Crippen molar-refractivity contribution in [2.75, 3.05) is 22.1 Å². The fourth-order valence-corrected chi connectivity index (χ4v) is 6.41. The van der Waals surface area contributed by atoms with Crippen LogP contribution in [0.3, 0.4) is 0 Å². The maximum Gasteiger partial charge on any atom is 0.294 e. The van der Waals surface area contributed by atoms with E-state index in [-0.39, 0.29) is 56.5 Å². The monoisotopic (exact) mass is 587 g/mol. The third-order valence-corrected chi connectivity index (χ3v) is 9.10. The second-order valence-corrected chi connectivity index (χ2v) is 11.7. The number of hydrogen-bond donors (Lipinski definition) is 2. The smallest absolute Gasteiger partial charge is 0.294 e. The predicted octanol–water partition coefficient (Wildman–Crippen LogP) is 2.30. The zero-order chi connectivity index (χ0) is 28.9. The molecule has 40 heavy (non-hydrogen) atoms. The number of carbonyl (C=O) groups excluding carboxylic acids is 2. The topological polar surface area (TPSA) is 181 Å². The molecule has 1 aromatic heterocycles. The van der Waals surface area contributed by atoms with Crippen LogP contribution in [0.5, 0.6) is 11.5 Å². The van der Waals surface area contributed by atoms with Gasteiger partial charge >= 0.3 is 0 Å². The molecule has 0 saturated heterocycles. The fourth-order valence-electron chi connectivity index (χ4n) is 3.76. The molecule has 13 nitrogen and oxygen atoms in total. The Balaban J connectivity index is 1.92. The summed E-state index contributed by atoms with van der Waals surface area (Å²) in [6.45, 7) is -1.40. The molecule has 2 N–H and O–H groups in total. The van der Waals surface area contributed by atoms with Gasteiger partial charge < -0.3 is 19.7 Å². The molecular formula is C25H21N3O10S2. The quantitative estimate of drug-likeness (QED) is 0.183. The van der Waals surface area contributed by atoms with Gasteiger partial charge in [0.05, 0.1) is 21.7 Å². The molecule has 0 aliphatic heterocycles. The molecule has 0 fully saturated rings. The molecule has 0 aliphatic carbocycles. The summed E-state index contributed by atoms with van der Waals surface area (Å²) >= 11 is 0. The van der Waals surface area contributed by atoms with Crippen LogP contribution in [0.1, 0.15) is 0 Å². The largest absolute Gasteiger partial charge is 0.508 e. The first-order chi connectivity index (χ1) is 19.1. The highest BCUT2D eigenvalue weighted by Crippen LogP contribution is 2.37. The first-order valence-electron chi connectivity index (χ1n) is 11.2. The Labute approximate surface area is 228 Å². The van der Waals surface area contributed by atoms with Crippen LogP contribution in [-0.4, -0.2) is 58.4 Å². The number of hydrogen-bond acceptors (Lipinski definition) is 11. The number of fused-ring (bicyclic) bond motifs is 1. The van der Waals surface area contributed by atoms with Gasteiger partial charge in [0, 0.05) is 10.8 Å². The number of aromatic hydroxyl groups is 2. The first-order valence-corrected chi connectivity index (χ1v) is 14.1. The van der Waals surface area contributed by atoms with Crippen molar-refractivity contribution in [1.29, 1.82) is 0 Å². The number of phenolic OH excluding ortho intramolecular Hbond substituents is 2. The highest BCUT2D eigenvalue weighted by atomic mass is 32.2. The summed E-state index contributed by atoms with van der Waals surface area (Å²) < 4.78 is 65.2. The number of phenols is 2.